The molecule has 103 heavy (non-hydrogen) atoms. The van der Waals surface area contributed by atoms with Crippen molar-refractivity contribution >= 4 is 29.5 Å². The summed E-state index contributed by atoms with van der Waals surface area (Å²) in [4.78, 5) is 63.3. The Morgan fingerprint density at radius 3 is 1.13 bits per heavy atom. The number of nitrogens with one attached hydrogen (secondary N) is 5. The van der Waals surface area contributed by atoms with Gasteiger partial charge in [-0.2, -0.15) is 0 Å². The molecule has 0 radical (unpaired) electrons. The Morgan fingerprint density at radius 2 is 0.689 bits per heavy atom. The van der Waals surface area contributed by atoms with E-state index >= 15 is 0 Å². The van der Waals surface area contributed by atoms with E-state index in [1.807, 2.05) is 0 Å². The third-order valence-electron chi connectivity index (χ3n) is 18.3. The summed E-state index contributed by atoms with van der Waals surface area (Å²) in [6.07, 6.45) is -66.8. The van der Waals surface area contributed by atoms with Gasteiger partial charge in [0.25, 0.3) is 0 Å². The summed E-state index contributed by atoms with van der Waals surface area (Å²) in [6.45, 7) is -2.38. The molecule has 7 aliphatic rings. The highest BCUT2D eigenvalue weighted by atomic mass is 16.8. The van der Waals surface area contributed by atoms with Crippen LogP contribution >= 0.6 is 0 Å². The molecular weight excluding hydrogens is 1410 g/mol. The van der Waals surface area contributed by atoms with E-state index in [9.17, 15) is 131 Å². The molecular formula is C58H99N5O40. The van der Waals surface area contributed by atoms with E-state index in [4.69, 9.17) is 66.3 Å². The Hall–Kier alpha value is -4.05. The first-order chi connectivity index (χ1) is 48.6. The fourth-order valence-electron chi connectivity index (χ4n) is 13.0. The Labute approximate surface area is 585 Å². The molecule has 0 bridgehead atoms. The minimum Gasteiger partial charge on any atom is -0.394 e. The average molecular weight is 1510 g/mol. The second kappa shape index (κ2) is 38.3. The van der Waals surface area contributed by atoms with Gasteiger partial charge in [0.2, 0.25) is 29.5 Å². The van der Waals surface area contributed by atoms with Crippen LogP contribution < -0.4 is 26.6 Å². The predicted molar refractivity (Wildman–Crippen MR) is 323 cm³/mol. The normalized spacial score (nSPS) is 44.3. The largest absolute Gasteiger partial charge is 0.394 e. The van der Waals surface area contributed by atoms with Gasteiger partial charge < -0.3 is 200 Å². The van der Waals surface area contributed by atoms with Gasteiger partial charge in [-0.3, -0.25) is 24.0 Å². The van der Waals surface area contributed by atoms with Gasteiger partial charge in [0, 0.05) is 34.6 Å². The second-order valence-corrected chi connectivity index (χ2v) is 25.8. The van der Waals surface area contributed by atoms with Crippen LogP contribution in [0.15, 0.2) is 0 Å². The van der Waals surface area contributed by atoms with Crippen LogP contribution in [-0.2, 0) is 90.3 Å². The molecule has 0 unspecified atom stereocenters. The lowest BCUT2D eigenvalue weighted by Crippen LogP contribution is -2.72. The number of hydrogen-bond donors (Lipinski definition) is 26. The van der Waals surface area contributed by atoms with Gasteiger partial charge in [-0.15, -0.1) is 0 Å². The SMILES string of the molecule is CC(=O)N[C@H]1[C@H](O[C@@H]2[C@@H](NC(C)=O)[C@H](OC[C@@H](O)[C@H](O)[C@H](O[C@@H]3O[C@H](CO)[C@H](O[C@H]4O[C@H](CO)[C@@H](O)[C@H](O)[C@H]4NC(C)=O)[C@H](O)[C@H]3O)[C@H](CO)NC(C)=O)O[C@H](CO)[C@H]2O[C@H]2O[C@H](C)[C@H](O)[C@H](O)[C@H]2O)O[C@H](CO)[C@@H](O[C@@H]2O[C@H](CO)[C@H](O[C@H]3O[C@H](CO)[C@@H](O)[C@H](O)[C@H]3NC(C)=O)[C@H](O)[C@H]2O)[C@@H]1O. The maximum absolute atomic E-state index is 13.4. The van der Waals surface area contributed by atoms with Gasteiger partial charge in [0.05, 0.1) is 65.0 Å². The van der Waals surface area contributed by atoms with Gasteiger partial charge in [-0.25, -0.2) is 0 Å². The Kier molecular flexibility index (Phi) is 32.1. The molecule has 0 spiro atoms. The van der Waals surface area contributed by atoms with E-state index in [0.717, 1.165) is 34.6 Å². The number of carbonyl (C=O) groups is 5. The van der Waals surface area contributed by atoms with Crippen LogP contribution in [0.3, 0.4) is 0 Å². The Balaban J connectivity index is 1.16. The maximum Gasteiger partial charge on any atom is 0.217 e. The minimum absolute atomic E-state index is 0.764. The molecule has 0 aromatic carbocycles. The summed E-state index contributed by atoms with van der Waals surface area (Å²) in [5, 5.41) is 243. The summed E-state index contributed by atoms with van der Waals surface area (Å²) < 4.78 is 82.9. The molecule has 0 aromatic heterocycles. The van der Waals surface area contributed by atoms with Gasteiger partial charge >= 0.3 is 0 Å². The standard InChI is InChI=1S/C58H99N5O40/c1-15-33(77)40(84)43(87)56(91-15)102-50-28(13-70)94-52(90-14-22(76)34(78)46(21(7-64)59-16(2)71)98-57-44(88)41(85)48(26(11-68)96-57)99-53-29(60-17(3)72)37(81)35(79)23(8-65)92-53)32(63-20(6)75)51(50)103-55-31(62-19(5)74)39(83)47(25(10-67)95-55)101-58-45(89)42(86)49(27(12-69)97-58)100-54-30(61-18(4)73)38(82)36(80)24(9-66)93-54/h15,21-58,64-70,76-89H,7-14H2,1-6H3,(H,59,71)(H,60,72)(H,61,73)(H,62,74)(H,63,75)/t15-,21+,22-,23-,24-,25-,26-,27-,28-,29-,30-,31-,32-,33+,34+,35-,36-,37-,38-,39-,40+,41-,42-,43-,44-,45-,46-,47-,48+,49+,50-,51-,52-,53-,54-,55+,56-,57+,58+/m1/s1. The quantitative estimate of drug-likeness (QED) is 0.0318. The number of aliphatic hydroxyl groups is 21. The molecule has 0 aromatic rings. The van der Waals surface area contributed by atoms with Crippen molar-refractivity contribution in [2.45, 2.75) is 281 Å². The molecule has 39 atom stereocenters. The molecule has 5 amide bonds. The molecule has 45 nitrogen and oxygen atoms in total. The molecule has 26 N–H and O–H groups in total. The number of hydrogen-bond acceptors (Lipinski definition) is 40. The summed E-state index contributed by atoms with van der Waals surface area (Å²) in [5.41, 5.74) is 0. The van der Waals surface area contributed by atoms with E-state index in [0.29, 0.717) is 0 Å². The van der Waals surface area contributed by atoms with Crippen LogP contribution in [0.2, 0.25) is 0 Å². The zero-order valence-electron chi connectivity index (χ0n) is 56.3. The first-order valence-corrected chi connectivity index (χ1v) is 32.9. The lowest BCUT2D eigenvalue weighted by Gasteiger charge is -2.51. The van der Waals surface area contributed by atoms with Gasteiger partial charge in [0.15, 0.2) is 44.0 Å². The number of carbonyl (C=O) groups excluding carboxylic acids is 5. The molecule has 7 aliphatic heterocycles. The average Bonchev–Trinajstić information content (AvgIpc) is 0.768. The van der Waals surface area contributed by atoms with Crippen LogP contribution in [-0.4, -0.2) is 429 Å². The van der Waals surface area contributed by atoms with Gasteiger partial charge in [-0.1, -0.05) is 0 Å². The number of aliphatic hydroxyl groups excluding tert-OH is 21. The fourth-order valence-corrected chi connectivity index (χ4v) is 13.0. The zero-order valence-corrected chi connectivity index (χ0v) is 56.3. The van der Waals surface area contributed by atoms with Crippen LogP contribution in [0.5, 0.6) is 0 Å². The smallest absolute Gasteiger partial charge is 0.217 e. The number of amides is 5. The van der Waals surface area contributed by atoms with Crippen molar-refractivity contribution in [3.05, 3.63) is 0 Å². The summed E-state index contributed by atoms with van der Waals surface area (Å²) in [6, 6.07) is -8.86. The molecule has 596 valence electrons. The van der Waals surface area contributed by atoms with Crippen molar-refractivity contribution in [2.75, 3.05) is 52.9 Å². The summed E-state index contributed by atoms with van der Waals surface area (Å²) >= 11 is 0. The van der Waals surface area contributed by atoms with Crippen LogP contribution in [0, 0.1) is 0 Å². The van der Waals surface area contributed by atoms with Gasteiger partial charge in [0.1, 0.15) is 183 Å². The van der Waals surface area contributed by atoms with Crippen LogP contribution in [0.25, 0.3) is 0 Å². The van der Waals surface area contributed by atoms with Crippen molar-refractivity contribution in [3.8, 4) is 0 Å². The summed E-state index contributed by atoms with van der Waals surface area (Å²) in [7, 11) is 0. The first-order valence-electron chi connectivity index (χ1n) is 32.9. The second-order valence-electron chi connectivity index (χ2n) is 25.8. The van der Waals surface area contributed by atoms with Crippen molar-refractivity contribution in [1.29, 1.82) is 0 Å². The van der Waals surface area contributed by atoms with Gasteiger partial charge in [-0.05, 0) is 6.92 Å². The highest BCUT2D eigenvalue weighted by Gasteiger charge is 2.59. The minimum atomic E-state index is -2.44. The highest BCUT2D eigenvalue weighted by Crippen LogP contribution is 2.38. The number of rotatable bonds is 30. The van der Waals surface area contributed by atoms with Crippen molar-refractivity contribution in [3.63, 3.8) is 0 Å². The van der Waals surface area contributed by atoms with E-state index < -0.39 is 321 Å². The molecule has 7 heterocycles. The van der Waals surface area contributed by atoms with Crippen molar-refractivity contribution in [1.82, 2.24) is 26.6 Å². The maximum atomic E-state index is 13.4. The van der Waals surface area contributed by atoms with E-state index in [1.165, 1.54) is 6.92 Å². The highest BCUT2D eigenvalue weighted by molar-refractivity contribution is 5.75. The Bertz CT molecular complexity index is 2690. The molecule has 0 aliphatic carbocycles. The Morgan fingerprint density at radius 1 is 0.350 bits per heavy atom. The monoisotopic (exact) mass is 1510 g/mol. The third-order valence-corrected chi connectivity index (χ3v) is 18.3. The number of ether oxygens (including phenoxy) is 14. The van der Waals surface area contributed by atoms with E-state index in [2.05, 4.69) is 26.6 Å². The van der Waals surface area contributed by atoms with E-state index in [1.54, 1.807) is 0 Å². The van der Waals surface area contributed by atoms with Crippen molar-refractivity contribution < 1.29 is 198 Å². The lowest BCUT2D eigenvalue weighted by atomic mass is 9.93. The molecule has 0 saturated carbocycles. The lowest BCUT2D eigenvalue weighted by molar-refractivity contribution is -0.381. The zero-order chi connectivity index (χ0) is 76.5. The molecule has 7 saturated heterocycles. The third kappa shape index (κ3) is 20.3. The van der Waals surface area contributed by atoms with Crippen LogP contribution in [0.4, 0.5) is 0 Å². The topological polar surface area (TPSA) is 700 Å². The summed E-state index contributed by atoms with van der Waals surface area (Å²) in [5.74, 6) is -4.34. The predicted octanol–water partition coefficient (Wildman–Crippen LogP) is -17.1. The molecule has 7 rings (SSSR count). The van der Waals surface area contributed by atoms with Crippen LogP contribution in [0.1, 0.15) is 41.5 Å². The molecule has 45 heteroatoms. The van der Waals surface area contributed by atoms with E-state index in [-0.39, 0.29) is 0 Å². The molecule has 7 fully saturated rings. The first kappa shape index (κ1) is 86.2. The fraction of sp³-hybridized carbons (Fsp3) is 0.914. The van der Waals surface area contributed by atoms with Crippen molar-refractivity contribution in [2.24, 2.45) is 0 Å².